The van der Waals surface area contributed by atoms with E-state index in [-0.39, 0.29) is 0 Å². The minimum atomic E-state index is 0.535. The Morgan fingerprint density at radius 3 is 2.00 bits per heavy atom. The molecule has 0 unspecified atom stereocenters. The number of benzene rings is 6. The fraction of sp³-hybridized carbons (Fsp3) is 0. The Morgan fingerprint density at radius 1 is 0.431 bits per heavy atom. The summed E-state index contributed by atoms with van der Waals surface area (Å²) in [5.74, 6) is 1.62. The van der Waals surface area contributed by atoms with Gasteiger partial charge in [-0.05, 0) is 66.2 Å². The third-order valence-electron chi connectivity index (χ3n) is 9.65. The fourth-order valence-electron chi connectivity index (χ4n) is 7.34. The molecule has 0 spiro atoms. The molecule has 0 saturated heterocycles. The number of rotatable bonds is 4. The van der Waals surface area contributed by atoms with Crippen LogP contribution in [0.5, 0.6) is 0 Å². The van der Waals surface area contributed by atoms with Gasteiger partial charge in [-0.1, -0.05) is 72.8 Å². The minimum absolute atomic E-state index is 0.535. The average Bonchev–Trinajstić information content (AvgIpc) is 3.89. The van der Waals surface area contributed by atoms with Gasteiger partial charge in [0.15, 0.2) is 17.5 Å². The summed E-state index contributed by atoms with van der Waals surface area (Å²) in [5, 5.41) is 6.56. The van der Waals surface area contributed by atoms with E-state index in [0.717, 1.165) is 71.7 Å². The van der Waals surface area contributed by atoms with Gasteiger partial charge in [-0.15, -0.1) is 11.3 Å². The predicted octanol–water partition coefficient (Wildman–Crippen LogP) is 12.1. The van der Waals surface area contributed by atoms with Gasteiger partial charge in [0.25, 0.3) is 0 Å². The van der Waals surface area contributed by atoms with Gasteiger partial charge in [-0.25, -0.2) is 15.0 Å². The van der Waals surface area contributed by atoms with Gasteiger partial charge in [0.1, 0.15) is 22.3 Å². The Balaban J connectivity index is 1.18. The number of furan rings is 2. The second-order valence-corrected chi connectivity index (χ2v) is 13.7. The summed E-state index contributed by atoms with van der Waals surface area (Å²) in [4.78, 5) is 19.6. The zero-order valence-electron chi connectivity index (χ0n) is 26.9. The van der Waals surface area contributed by atoms with E-state index in [1.54, 1.807) is 12.4 Å². The molecule has 11 rings (SSSR count). The van der Waals surface area contributed by atoms with Crippen LogP contribution >= 0.6 is 11.3 Å². The highest BCUT2D eigenvalue weighted by Crippen LogP contribution is 2.46. The lowest BCUT2D eigenvalue weighted by molar-refractivity contribution is 0.669. The lowest BCUT2D eigenvalue weighted by Crippen LogP contribution is -2.00. The van der Waals surface area contributed by atoms with Gasteiger partial charge in [-0.3, -0.25) is 4.98 Å². The number of nitrogens with zero attached hydrogens (tertiary/aromatic N) is 4. The molecule has 0 bridgehead atoms. The Bertz CT molecular complexity index is 3160. The lowest BCUT2D eigenvalue weighted by atomic mass is 9.95. The molecular weight excluding hydrogens is 649 g/mol. The van der Waals surface area contributed by atoms with Crippen LogP contribution in [0.15, 0.2) is 155 Å². The zero-order valence-corrected chi connectivity index (χ0v) is 27.7. The molecule has 6 nitrogen and oxygen atoms in total. The molecule has 11 aromatic rings. The maximum absolute atomic E-state index is 6.75. The molecule has 0 aliphatic rings. The van der Waals surface area contributed by atoms with Crippen molar-refractivity contribution in [2.45, 2.75) is 0 Å². The molecule has 5 aromatic heterocycles. The van der Waals surface area contributed by atoms with Crippen LogP contribution in [0.25, 0.3) is 109 Å². The molecule has 5 heterocycles. The molecule has 0 radical (unpaired) electrons. The molecule has 6 aromatic carbocycles. The van der Waals surface area contributed by atoms with Crippen LogP contribution in [-0.2, 0) is 0 Å². The van der Waals surface area contributed by atoms with Crippen LogP contribution in [0.3, 0.4) is 0 Å². The molecule has 51 heavy (non-hydrogen) atoms. The van der Waals surface area contributed by atoms with Crippen LogP contribution in [-0.4, -0.2) is 19.9 Å². The van der Waals surface area contributed by atoms with Crippen molar-refractivity contribution in [1.29, 1.82) is 0 Å². The summed E-state index contributed by atoms with van der Waals surface area (Å²) in [6, 6.07) is 45.7. The number of para-hydroxylation sites is 2. The van der Waals surface area contributed by atoms with Gasteiger partial charge in [0.2, 0.25) is 0 Å². The summed E-state index contributed by atoms with van der Waals surface area (Å²) < 4.78 is 15.5. The van der Waals surface area contributed by atoms with Crippen molar-refractivity contribution in [3.05, 3.63) is 146 Å². The Hall–Kier alpha value is -6.70. The van der Waals surface area contributed by atoms with E-state index in [4.69, 9.17) is 23.8 Å². The second kappa shape index (κ2) is 10.9. The van der Waals surface area contributed by atoms with Crippen molar-refractivity contribution in [3.8, 4) is 45.3 Å². The first-order valence-electron chi connectivity index (χ1n) is 16.7. The standard InChI is InChI=1S/C44H24N4O2S/c1-4-14-34-27(10-1)28-19-18-25(23-36(28)49-34)42-46-43(26-9-8-22-45-24-26)48-44(47-42)33-21-20-30(41-40(33)31-11-2-5-15-35(31)50-41)29-13-7-17-38-39(29)32-12-3-6-16-37(32)51-38/h1-24H. The van der Waals surface area contributed by atoms with Crippen LogP contribution in [0, 0.1) is 0 Å². The van der Waals surface area contributed by atoms with Crippen molar-refractivity contribution < 1.29 is 8.83 Å². The Morgan fingerprint density at radius 2 is 1.14 bits per heavy atom. The molecule has 0 aliphatic heterocycles. The highest BCUT2D eigenvalue weighted by molar-refractivity contribution is 7.25. The highest BCUT2D eigenvalue weighted by atomic mass is 32.1. The SMILES string of the molecule is c1cncc(-c2nc(-c3ccc4c(c3)oc3ccccc34)nc(-c3ccc(-c4cccc5sc6ccccc6c45)c4oc5ccccc5c34)n2)c1. The number of pyridine rings is 1. The third-order valence-corrected chi connectivity index (χ3v) is 10.8. The fourth-order valence-corrected chi connectivity index (χ4v) is 8.47. The molecule has 0 amide bonds. The van der Waals surface area contributed by atoms with Crippen molar-refractivity contribution >= 4 is 75.4 Å². The first-order valence-corrected chi connectivity index (χ1v) is 17.5. The molecule has 238 valence electrons. The minimum Gasteiger partial charge on any atom is -0.456 e. The average molecular weight is 673 g/mol. The summed E-state index contributed by atoms with van der Waals surface area (Å²) in [6.45, 7) is 0. The van der Waals surface area contributed by atoms with Crippen LogP contribution in [0.1, 0.15) is 0 Å². The van der Waals surface area contributed by atoms with Crippen molar-refractivity contribution in [2.24, 2.45) is 0 Å². The topological polar surface area (TPSA) is 77.8 Å². The molecule has 0 atom stereocenters. The van der Waals surface area contributed by atoms with Crippen molar-refractivity contribution in [3.63, 3.8) is 0 Å². The monoisotopic (exact) mass is 672 g/mol. The first-order chi connectivity index (χ1) is 25.3. The molecule has 0 saturated carbocycles. The van der Waals surface area contributed by atoms with E-state index in [9.17, 15) is 0 Å². The second-order valence-electron chi connectivity index (χ2n) is 12.6. The van der Waals surface area contributed by atoms with E-state index >= 15 is 0 Å². The van der Waals surface area contributed by atoms with Gasteiger partial charge < -0.3 is 8.83 Å². The first kappa shape index (κ1) is 28.2. The smallest absolute Gasteiger partial charge is 0.165 e. The maximum atomic E-state index is 6.75. The van der Waals surface area contributed by atoms with Gasteiger partial charge in [0, 0.05) is 76.4 Å². The van der Waals surface area contributed by atoms with Gasteiger partial charge in [0.05, 0.1) is 0 Å². The highest BCUT2D eigenvalue weighted by Gasteiger charge is 2.22. The van der Waals surface area contributed by atoms with E-state index < -0.39 is 0 Å². The summed E-state index contributed by atoms with van der Waals surface area (Å²) in [5.41, 5.74) is 7.87. The van der Waals surface area contributed by atoms with E-state index in [2.05, 4.69) is 77.8 Å². The molecule has 0 N–H and O–H groups in total. The van der Waals surface area contributed by atoms with Crippen molar-refractivity contribution in [2.75, 3.05) is 0 Å². The molecular formula is C44H24N4O2S. The maximum Gasteiger partial charge on any atom is 0.165 e. The summed E-state index contributed by atoms with van der Waals surface area (Å²) in [7, 11) is 0. The normalized spacial score (nSPS) is 11.9. The number of thiophene rings is 1. The third kappa shape index (κ3) is 4.35. The number of hydrogen-bond acceptors (Lipinski definition) is 7. The van der Waals surface area contributed by atoms with E-state index in [1.165, 1.54) is 20.2 Å². The summed E-state index contributed by atoms with van der Waals surface area (Å²) in [6.07, 6.45) is 3.53. The van der Waals surface area contributed by atoms with E-state index in [1.807, 2.05) is 72.0 Å². The number of hydrogen-bond donors (Lipinski definition) is 0. The Labute approximate surface area is 294 Å². The van der Waals surface area contributed by atoms with Crippen molar-refractivity contribution in [1.82, 2.24) is 19.9 Å². The summed E-state index contributed by atoms with van der Waals surface area (Å²) >= 11 is 1.81. The molecule has 7 heteroatoms. The van der Waals surface area contributed by atoms with Crippen LogP contribution < -0.4 is 0 Å². The quantitative estimate of drug-likeness (QED) is 0.185. The Kier molecular flexibility index (Phi) is 6.02. The lowest BCUT2D eigenvalue weighted by Gasteiger charge is -2.11. The molecule has 0 aliphatic carbocycles. The van der Waals surface area contributed by atoms with Crippen LogP contribution in [0.4, 0.5) is 0 Å². The van der Waals surface area contributed by atoms with Gasteiger partial charge >= 0.3 is 0 Å². The molecule has 0 fully saturated rings. The van der Waals surface area contributed by atoms with Crippen LogP contribution in [0.2, 0.25) is 0 Å². The van der Waals surface area contributed by atoms with Gasteiger partial charge in [-0.2, -0.15) is 0 Å². The zero-order chi connectivity index (χ0) is 33.5. The van der Waals surface area contributed by atoms with E-state index in [0.29, 0.717) is 17.5 Å². The number of aromatic nitrogens is 4. The largest absolute Gasteiger partial charge is 0.456 e. The predicted molar refractivity (Wildman–Crippen MR) is 207 cm³/mol. The number of fused-ring (bicyclic) bond motifs is 9.